The first kappa shape index (κ1) is 15.8. The van der Waals surface area contributed by atoms with Gasteiger partial charge in [0.25, 0.3) is 5.69 Å². The molecule has 8 nitrogen and oxygen atoms in total. The van der Waals surface area contributed by atoms with Gasteiger partial charge in [-0.1, -0.05) is 12.1 Å². The lowest BCUT2D eigenvalue weighted by molar-refractivity contribution is -0.384. The Hall–Kier alpha value is -3.68. The number of hydrogen-bond donors (Lipinski definition) is 0. The molecule has 0 amide bonds. The molecule has 0 saturated heterocycles. The molecule has 2 aliphatic rings. The first-order chi connectivity index (χ1) is 12.6. The number of hydrogen-bond acceptors (Lipinski definition) is 7. The third-order valence-corrected chi connectivity index (χ3v) is 3.79. The zero-order valence-electron chi connectivity index (χ0n) is 13.4. The highest BCUT2D eigenvalue weighted by atomic mass is 16.6. The van der Waals surface area contributed by atoms with Gasteiger partial charge in [0, 0.05) is 17.7 Å². The van der Waals surface area contributed by atoms with Gasteiger partial charge in [0.05, 0.1) is 4.92 Å². The van der Waals surface area contributed by atoms with Crippen molar-refractivity contribution in [2.75, 3.05) is 13.2 Å². The molecule has 4 rings (SSSR count). The molecule has 130 valence electrons. The zero-order chi connectivity index (χ0) is 18.1. The monoisotopic (exact) mass is 352 g/mol. The number of ether oxygens (including phenoxy) is 3. The van der Waals surface area contributed by atoms with E-state index in [2.05, 4.69) is 4.99 Å². The normalized spacial score (nSPS) is 17.0. The van der Waals surface area contributed by atoms with Crippen LogP contribution in [-0.2, 0) is 9.53 Å². The molecule has 0 unspecified atom stereocenters. The van der Waals surface area contributed by atoms with Crippen LogP contribution < -0.4 is 9.47 Å². The number of carbonyl (C=O) groups is 1. The average molecular weight is 352 g/mol. The molecule has 0 atom stereocenters. The second kappa shape index (κ2) is 6.32. The summed E-state index contributed by atoms with van der Waals surface area (Å²) in [6, 6.07) is 11.0. The lowest BCUT2D eigenvalue weighted by atomic mass is 10.1. The highest BCUT2D eigenvalue weighted by Gasteiger charge is 2.25. The Balaban J connectivity index is 1.65. The number of non-ortho nitro benzene ring substituents is 1. The van der Waals surface area contributed by atoms with Gasteiger partial charge in [0.1, 0.15) is 13.2 Å². The van der Waals surface area contributed by atoms with Crippen molar-refractivity contribution in [3.8, 4) is 11.5 Å². The summed E-state index contributed by atoms with van der Waals surface area (Å²) in [5.74, 6) is 0.650. The fourth-order valence-electron chi connectivity index (χ4n) is 2.59. The molecule has 26 heavy (non-hydrogen) atoms. The van der Waals surface area contributed by atoms with Crippen LogP contribution in [0.4, 0.5) is 5.69 Å². The van der Waals surface area contributed by atoms with Gasteiger partial charge in [-0.2, -0.15) is 0 Å². The van der Waals surface area contributed by atoms with Crippen molar-refractivity contribution in [3.05, 3.63) is 69.4 Å². The minimum Gasteiger partial charge on any atom is -0.486 e. The van der Waals surface area contributed by atoms with Gasteiger partial charge in [0.2, 0.25) is 5.90 Å². The summed E-state index contributed by atoms with van der Waals surface area (Å²) in [4.78, 5) is 26.6. The Morgan fingerprint density at radius 3 is 2.69 bits per heavy atom. The maximum Gasteiger partial charge on any atom is 0.363 e. The van der Waals surface area contributed by atoms with Gasteiger partial charge < -0.3 is 14.2 Å². The van der Waals surface area contributed by atoms with E-state index in [4.69, 9.17) is 14.2 Å². The highest BCUT2D eigenvalue weighted by molar-refractivity contribution is 6.13. The quantitative estimate of drug-likeness (QED) is 0.364. The van der Waals surface area contributed by atoms with E-state index in [9.17, 15) is 14.9 Å². The van der Waals surface area contributed by atoms with E-state index >= 15 is 0 Å². The van der Waals surface area contributed by atoms with Crippen LogP contribution in [0.5, 0.6) is 11.5 Å². The summed E-state index contributed by atoms with van der Waals surface area (Å²) in [5.41, 5.74) is 1.05. The van der Waals surface area contributed by atoms with Crippen molar-refractivity contribution in [3.63, 3.8) is 0 Å². The van der Waals surface area contributed by atoms with Crippen LogP contribution in [-0.4, -0.2) is 30.0 Å². The highest BCUT2D eigenvalue weighted by Crippen LogP contribution is 2.32. The van der Waals surface area contributed by atoms with Crippen molar-refractivity contribution in [2.24, 2.45) is 4.99 Å². The van der Waals surface area contributed by atoms with Crippen molar-refractivity contribution in [2.45, 2.75) is 0 Å². The Morgan fingerprint density at radius 1 is 1.08 bits per heavy atom. The number of rotatable bonds is 3. The standard InChI is InChI=1S/C18H12N2O6/c21-18-14(8-11-4-5-15-16(9-11)25-7-6-24-15)19-17(26-18)12-2-1-3-13(10-12)20(22)23/h1-5,8-10H,6-7H2/b14-8+. The van der Waals surface area contributed by atoms with Crippen LogP contribution in [0.3, 0.4) is 0 Å². The molecular formula is C18H12N2O6. The molecular weight excluding hydrogens is 340 g/mol. The molecule has 8 heteroatoms. The number of cyclic esters (lactones) is 1. The third kappa shape index (κ3) is 3.00. The number of nitrogens with zero attached hydrogens (tertiary/aromatic N) is 2. The van der Waals surface area contributed by atoms with E-state index in [-0.39, 0.29) is 17.3 Å². The molecule has 0 N–H and O–H groups in total. The first-order valence-electron chi connectivity index (χ1n) is 7.77. The van der Waals surface area contributed by atoms with Gasteiger partial charge >= 0.3 is 5.97 Å². The van der Waals surface area contributed by atoms with E-state index in [1.807, 2.05) is 0 Å². The number of nitro benzene ring substituents is 1. The number of esters is 1. The third-order valence-electron chi connectivity index (χ3n) is 3.79. The van der Waals surface area contributed by atoms with E-state index in [1.54, 1.807) is 30.3 Å². The van der Waals surface area contributed by atoms with Crippen LogP contribution in [0, 0.1) is 10.1 Å². The largest absolute Gasteiger partial charge is 0.486 e. The van der Waals surface area contributed by atoms with Crippen molar-refractivity contribution >= 4 is 23.6 Å². The molecule has 0 fully saturated rings. The maximum absolute atomic E-state index is 12.1. The Kier molecular flexibility index (Phi) is 3.85. The van der Waals surface area contributed by atoms with Crippen LogP contribution in [0.25, 0.3) is 6.08 Å². The smallest absolute Gasteiger partial charge is 0.363 e. The van der Waals surface area contributed by atoms with Crippen LogP contribution in [0.2, 0.25) is 0 Å². The molecule has 0 saturated carbocycles. The van der Waals surface area contributed by atoms with Gasteiger partial charge in [-0.05, 0) is 29.8 Å². The Morgan fingerprint density at radius 2 is 1.88 bits per heavy atom. The average Bonchev–Trinajstić information content (AvgIpc) is 3.02. The molecule has 0 aliphatic carbocycles. The molecule has 0 aromatic heterocycles. The number of aliphatic imine (C=N–C) groups is 1. The number of nitro groups is 1. The maximum atomic E-state index is 12.1. The fraction of sp³-hybridized carbons (Fsp3) is 0.111. The Bertz CT molecular complexity index is 979. The molecule has 0 radical (unpaired) electrons. The van der Waals surface area contributed by atoms with Crippen LogP contribution in [0.1, 0.15) is 11.1 Å². The summed E-state index contributed by atoms with van der Waals surface area (Å²) >= 11 is 0. The minimum atomic E-state index is -0.624. The number of fused-ring (bicyclic) bond motifs is 1. The van der Waals surface area contributed by atoms with Crippen LogP contribution >= 0.6 is 0 Å². The van der Waals surface area contributed by atoms with Gasteiger partial charge in [-0.25, -0.2) is 9.79 Å². The van der Waals surface area contributed by atoms with Gasteiger partial charge in [-0.15, -0.1) is 0 Å². The fourth-order valence-corrected chi connectivity index (χ4v) is 2.59. The summed E-state index contributed by atoms with van der Waals surface area (Å²) in [5, 5.41) is 10.9. The topological polar surface area (TPSA) is 100 Å². The molecule has 0 spiro atoms. The number of carbonyl (C=O) groups excluding carboxylic acids is 1. The lowest BCUT2D eigenvalue weighted by Gasteiger charge is -2.18. The predicted octanol–water partition coefficient (Wildman–Crippen LogP) is 2.71. The minimum absolute atomic E-state index is 0.0301. The van der Waals surface area contributed by atoms with Crippen LogP contribution in [0.15, 0.2) is 53.2 Å². The molecule has 2 aromatic rings. The van der Waals surface area contributed by atoms with E-state index in [0.717, 1.165) is 0 Å². The van der Waals surface area contributed by atoms with Crippen molar-refractivity contribution < 1.29 is 23.9 Å². The van der Waals surface area contributed by atoms with Crippen molar-refractivity contribution in [1.82, 2.24) is 0 Å². The van der Waals surface area contributed by atoms with Gasteiger partial charge in [-0.3, -0.25) is 10.1 Å². The molecule has 0 bridgehead atoms. The Labute approximate surface area is 147 Å². The van der Waals surface area contributed by atoms with Gasteiger partial charge in [0.15, 0.2) is 17.2 Å². The summed E-state index contributed by atoms with van der Waals surface area (Å²) < 4.78 is 16.1. The zero-order valence-corrected chi connectivity index (χ0v) is 13.4. The van der Waals surface area contributed by atoms with E-state index in [1.165, 1.54) is 18.2 Å². The van der Waals surface area contributed by atoms with E-state index < -0.39 is 10.9 Å². The molecule has 2 aliphatic heterocycles. The first-order valence-corrected chi connectivity index (χ1v) is 7.77. The molecule has 2 aromatic carbocycles. The second-order valence-corrected chi connectivity index (χ2v) is 5.55. The lowest BCUT2D eigenvalue weighted by Crippen LogP contribution is -2.15. The predicted molar refractivity (Wildman–Crippen MR) is 91.1 cm³/mol. The summed E-state index contributed by atoms with van der Waals surface area (Å²) in [6.45, 7) is 0.959. The summed E-state index contributed by atoms with van der Waals surface area (Å²) in [7, 11) is 0. The number of benzene rings is 2. The molecule has 2 heterocycles. The van der Waals surface area contributed by atoms with Crippen molar-refractivity contribution in [1.29, 1.82) is 0 Å². The second-order valence-electron chi connectivity index (χ2n) is 5.55. The summed E-state index contributed by atoms with van der Waals surface area (Å²) in [6.07, 6.45) is 1.56. The van der Waals surface area contributed by atoms with E-state index in [0.29, 0.717) is 35.8 Å². The SMILES string of the molecule is O=C1OC(c2cccc([N+](=O)[O-])c2)=N/C1=C/c1ccc2c(c1)OCCO2.